The monoisotopic (exact) mass is 414 g/mol. The van der Waals surface area contributed by atoms with Crippen LogP contribution in [0, 0.1) is 18.8 Å². The largest absolute Gasteiger partial charge is 0.321 e. The molecular formula is C23H30N2O3S. The molecule has 2 unspecified atom stereocenters. The van der Waals surface area contributed by atoms with Gasteiger partial charge in [0, 0.05) is 24.3 Å². The number of hydrogen-bond donors (Lipinski definition) is 1. The molecule has 2 aromatic carbocycles. The van der Waals surface area contributed by atoms with E-state index in [1.165, 1.54) is 12.1 Å². The van der Waals surface area contributed by atoms with Crippen molar-refractivity contribution in [2.24, 2.45) is 11.8 Å². The predicted molar refractivity (Wildman–Crippen MR) is 117 cm³/mol. The third-order valence-electron chi connectivity index (χ3n) is 5.57. The molecule has 3 rings (SSSR count). The minimum atomic E-state index is -3.54. The highest BCUT2D eigenvalue weighted by molar-refractivity contribution is 7.89. The first-order valence-electron chi connectivity index (χ1n) is 10.2. The second kappa shape index (κ2) is 8.67. The predicted octanol–water partition coefficient (Wildman–Crippen LogP) is 4.48. The molecule has 0 aliphatic carbocycles. The fraction of sp³-hybridized carbons (Fsp3) is 0.435. The van der Waals surface area contributed by atoms with E-state index in [0.717, 1.165) is 29.7 Å². The molecule has 1 aliphatic rings. The normalized spacial score (nSPS) is 20.4. The molecule has 29 heavy (non-hydrogen) atoms. The zero-order valence-corrected chi connectivity index (χ0v) is 18.4. The van der Waals surface area contributed by atoms with E-state index in [9.17, 15) is 13.2 Å². The average Bonchev–Trinajstić information content (AvgIpc) is 2.68. The maximum atomic E-state index is 13.0. The summed E-state index contributed by atoms with van der Waals surface area (Å²) in [5, 5.41) is 2.98. The Morgan fingerprint density at radius 3 is 2.28 bits per heavy atom. The van der Waals surface area contributed by atoms with Crippen molar-refractivity contribution in [1.82, 2.24) is 4.31 Å². The molecule has 2 atom stereocenters. The van der Waals surface area contributed by atoms with E-state index in [1.54, 1.807) is 16.4 Å². The number of carbonyl (C=O) groups excluding carboxylic acids is 1. The number of piperidine rings is 1. The molecule has 0 spiro atoms. The number of sulfonamides is 1. The Kier molecular flexibility index (Phi) is 6.44. The summed E-state index contributed by atoms with van der Waals surface area (Å²) in [5.74, 6) is 0.457. The van der Waals surface area contributed by atoms with Gasteiger partial charge in [-0.25, -0.2) is 8.42 Å². The highest BCUT2D eigenvalue weighted by Crippen LogP contribution is 2.27. The Labute approximate surface area is 174 Å². The van der Waals surface area contributed by atoms with Crippen LogP contribution in [-0.4, -0.2) is 31.7 Å². The molecule has 0 radical (unpaired) electrons. The molecule has 1 aliphatic heterocycles. The van der Waals surface area contributed by atoms with Crippen LogP contribution in [0.25, 0.3) is 0 Å². The van der Waals surface area contributed by atoms with E-state index in [4.69, 9.17) is 0 Å². The maximum absolute atomic E-state index is 13.0. The van der Waals surface area contributed by atoms with Crippen molar-refractivity contribution in [3.05, 3.63) is 59.2 Å². The molecule has 156 valence electrons. The molecule has 1 amide bonds. The van der Waals surface area contributed by atoms with Gasteiger partial charge in [0.2, 0.25) is 10.0 Å². The van der Waals surface area contributed by atoms with E-state index < -0.39 is 10.0 Å². The molecule has 0 bridgehead atoms. The summed E-state index contributed by atoms with van der Waals surface area (Å²) < 4.78 is 27.6. The van der Waals surface area contributed by atoms with E-state index in [0.29, 0.717) is 30.5 Å². The van der Waals surface area contributed by atoms with Gasteiger partial charge in [0.1, 0.15) is 0 Å². The molecule has 1 fully saturated rings. The van der Waals surface area contributed by atoms with Gasteiger partial charge in [-0.3, -0.25) is 4.79 Å². The number of aryl methyl sites for hydroxylation is 2. The van der Waals surface area contributed by atoms with Crippen molar-refractivity contribution in [3.8, 4) is 0 Å². The van der Waals surface area contributed by atoms with Crippen LogP contribution >= 0.6 is 0 Å². The first-order valence-corrected chi connectivity index (χ1v) is 11.7. The van der Waals surface area contributed by atoms with Crippen molar-refractivity contribution < 1.29 is 13.2 Å². The van der Waals surface area contributed by atoms with Crippen molar-refractivity contribution >= 4 is 21.6 Å². The Balaban J connectivity index is 1.79. The second-order valence-electron chi connectivity index (χ2n) is 8.21. The van der Waals surface area contributed by atoms with Crippen molar-refractivity contribution in [1.29, 1.82) is 0 Å². The van der Waals surface area contributed by atoms with Crippen LogP contribution < -0.4 is 5.32 Å². The van der Waals surface area contributed by atoms with Crippen LogP contribution in [0.5, 0.6) is 0 Å². The van der Waals surface area contributed by atoms with Crippen molar-refractivity contribution in [2.75, 3.05) is 18.4 Å². The maximum Gasteiger partial charge on any atom is 0.255 e. The van der Waals surface area contributed by atoms with E-state index in [1.807, 2.05) is 32.0 Å². The number of carbonyl (C=O) groups is 1. The topological polar surface area (TPSA) is 66.5 Å². The molecule has 6 heteroatoms. The van der Waals surface area contributed by atoms with Gasteiger partial charge in [0.25, 0.3) is 5.91 Å². The molecule has 1 heterocycles. The first-order chi connectivity index (χ1) is 13.7. The van der Waals surface area contributed by atoms with Crippen LogP contribution in [0.2, 0.25) is 0 Å². The number of hydrogen-bond acceptors (Lipinski definition) is 3. The van der Waals surface area contributed by atoms with Gasteiger partial charge in [-0.1, -0.05) is 39.0 Å². The van der Waals surface area contributed by atoms with Crippen LogP contribution in [0.3, 0.4) is 0 Å². The minimum absolute atomic E-state index is 0.237. The fourth-order valence-corrected chi connectivity index (χ4v) is 5.80. The average molecular weight is 415 g/mol. The molecule has 5 nitrogen and oxygen atoms in total. The summed E-state index contributed by atoms with van der Waals surface area (Å²) in [6.07, 6.45) is 1.87. The van der Waals surface area contributed by atoms with Crippen molar-refractivity contribution in [2.45, 2.75) is 45.4 Å². The number of nitrogens with zero attached hydrogens (tertiary/aromatic N) is 1. The van der Waals surface area contributed by atoms with Gasteiger partial charge < -0.3 is 5.32 Å². The summed E-state index contributed by atoms with van der Waals surface area (Å²) in [6, 6.07) is 12.2. The number of nitrogens with one attached hydrogen (secondary N) is 1. The molecule has 0 saturated carbocycles. The number of para-hydroxylation sites is 1. The van der Waals surface area contributed by atoms with Gasteiger partial charge >= 0.3 is 0 Å². The fourth-order valence-electron chi connectivity index (χ4n) is 4.12. The summed E-state index contributed by atoms with van der Waals surface area (Å²) in [5.41, 5.74) is 3.35. The first kappa shape index (κ1) is 21.5. The van der Waals surface area contributed by atoms with Gasteiger partial charge in [-0.05, 0) is 67.0 Å². The summed E-state index contributed by atoms with van der Waals surface area (Å²) in [7, 11) is -3.54. The molecular weight excluding hydrogens is 384 g/mol. The number of anilines is 1. The van der Waals surface area contributed by atoms with Crippen LogP contribution in [0.4, 0.5) is 5.69 Å². The van der Waals surface area contributed by atoms with E-state index >= 15 is 0 Å². The van der Waals surface area contributed by atoms with Gasteiger partial charge in [-0.15, -0.1) is 0 Å². The smallest absolute Gasteiger partial charge is 0.255 e. The Hall–Kier alpha value is -2.18. The Morgan fingerprint density at radius 2 is 1.69 bits per heavy atom. The zero-order valence-electron chi connectivity index (χ0n) is 17.6. The minimum Gasteiger partial charge on any atom is -0.321 e. The highest BCUT2D eigenvalue weighted by atomic mass is 32.2. The molecule has 1 N–H and O–H groups in total. The number of rotatable bonds is 5. The third-order valence-corrected chi connectivity index (χ3v) is 7.41. The van der Waals surface area contributed by atoms with Gasteiger partial charge in [-0.2, -0.15) is 4.31 Å². The van der Waals surface area contributed by atoms with Crippen LogP contribution in [-0.2, 0) is 16.4 Å². The SMILES string of the molecule is CCc1cccc(C)c1NC(=O)c1ccc(S(=O)(=O)N2CC(C)CC(C)C2)cc1. The summed E-state index contributed by atoms with van der Waals surface area (Å²) in [6.45, 7) is 9.27. The zero-order chi connectivity index (χ0) is 21.2. The summed E-state index contributed by atoms with van der Waals surface area (Å²) >= 11 is 0. The molecule has 1 saturated heterocycles. The number of amides is 1. The number of benzene rings is 2. The standard InChI is InChI=1S/C23H30N2O3S/c1-5-19-8-6-7-18(4)22(19)24-23(26)20-9-11-21(12-10-20)29(27,28)25-14-16(2)13-17(3)15-25/h6-12,16-17H,5,13-15H2,1-4H3,(H,24,26). The van der Waals surface area contributed by atoms with E-state index in [2.05, 4.69) is 19.2 Å². The lowest BCUT2D eigenvalue weighted by atomic mass is 9.94. The van der Waals surface area contributed by atoms with Crippen LogP contribution in [0.15, 0.2) is 47.4 Å². The lowest BCUT2D eigenvalue weighted by molar-refractivity contribution is 0.102. The Bertz CT molecular complexity index is 974. The third kappa shape index (κ3) is 4.70. The second-order valence-corrected chi connectivity index (χ2v) is 10.1. The van der Waals surface area contributed by atoms with Crippen LogP contribution in [0.1, 0.15) is 48.7 Å². The molecule has 0 aromatic heterocycles. The lowest BCUT2D eigenvalue weighted by Crippen LogP contribution is -2.42. The quantitative estimate of drug-likeness (QED) is 0.785. The van der Waals surface area contributed by atoms with Gasteiger partial charge in [0.15, 0.2) is 0 Å². The van der Waals surface area contributed by atoms with Crippen molar-refractivity contribution in [3.63, 3.8) is 0 Å². The van der Waals surface area contributed by atoms with E-state index in [-0.39, 0.29) is 10.8 Å². The lowest BCUT2D eigenvalue weighted by Gasteiger charge is -2.34. The molecule has 2 aromatic rings. The van der Waals surface area contributed by atoms with Gasteiger partial charge in [0.05, 0.1) is 4.90 Å². The summed E-state index contributed by atoms with van der Waals surface area (Å²) in [4.78, 5) is 12.9. The Morgan fingerprint density at radius 1 is 1.07 bits per heavy atom. The highest BCUT2D eigenvalue weighted by Gasteiger charge is 2.31.